The van der Waals surface area contributed by atoms with Gasteiger partial charge in [-0.25, -0.2) is 0 Å². The smallest absolute Gasteiger partial charge is 0.271 e. The van der Waals surface area contributed by atoms with Gasteiger partial charge in [0, 0.05) is 0 Å². The minimum atomic E-state index is -0.709. The molecule has 1 N–H and O–H groups in total. The Morgan fingerprint density at radius 2 is 2.05 bits per heavy atom. The molecule has 2 atom stereocenters. The highest BCUT2D eigenvalue weighted by Gasteiger charge is 2.34. The summed E-state index contributed by atoms with van der Waals surface area (Å²) in [5.41, 5.74) is 1.55. The third-order valence-corrected chi connectivity index (χ3v) is 3.30. The van der Waals surface area contributed by atoms with Crippen molar-refractivity contribution in [2.75, 3.05) is 5.32 Å². The Morgan fingerprint density at radius 1 is 1.32 bits per heavy atom. The largest absolute Gasteiger partial charge is 0.482 e. The molecule has 1 amide bonds. The lowest BCUT2D eigenvalue weighted by Gasteiger charge is -2.30. The van der Waals surface area contributed by atoms with Crippen molar-refractivity contribution in [1.29, 1.82) is 0 Å². The summed E-state index contributed by atoms with van der Waals surface area (Å²) >= 11 is 1.25. The molecule has 3 rings (SSSR count). The molecule has 1 aliphatic heterocycles. The highest BCUT2D eigenvalue weighted by Crippen LogP contribution is 2.33. The van der Waals surface area contributed by atoms with Crippen molar-refractivity contribution in [2.45, 2.75) is 19.1 Å². The van der Waals surface area contributed by atoms with Crippen molar-refractivity contribution < 1.29 is 14.3 Å². The lowest BCUT2D eigenvalue weighted by molar-refractivity contribution is -0.128. The molecular formula is C12H11N3O3S. The number of hydrogen-bond acceptors (Lipinski definition) is 6. The normalized spacial score (nSPS) is 20.9. The quantitative estimate of drug-likeness (QED) is 0.904. The molecule has 0 bridgehead atoms. The molecule has 0 unspecified atom stereocenters. The summed E-state index contributed by atoms with van der Waals surface area (Å²) < 4.78 is 11.3. The van der Waals surface area contributed by atoms with E-state index in [0.717, 1.165) is 0 Å². The van der Waals surface area contributed by atoms with Gasteiger partial charge in [-0.2, -0.15) is 0 Å². The number of para-hydroxylation sites is 2. The Morgan fingerprint density at radius 3 is 2.74 bits per heavy atom. The summed E-state index contributed by atoms with van der Waals surface area (Å²) in [5, 5.41) is 10.5. The second-order valence-electron chi connectivity index (χ2n) is 4.04. The van der Waals surface area contributed by atoms with E-state index in [1.807, 2.05) is 18.2 Å². The van der Waals surface area contributed by atoms with Crippen molar-refractivity contribution in [3.05, 3.63) is 29.8 Å². The van der Waals surface area contributed by atoms with Crippen LogP contribution in [0.5, 0.6) is 11.5 Å². The van der Waals surface area contributed by atoms with Crippen LogP contribution in [0.2, 0.25) is 0 Å². The molecule has 0 spiro atoms. The number of amides is 1. The van der Waals surface area contributed by atoms with Gasteiger partial charge in [0.2, 0.25) is 11.2 Å². The zero-order valence-corrected chi connectivity index (χ0v) is 10.9. The second kappa shape index (κ2) is 4.85. The van der Waals surface area contributed by atoms with Gasteiger partial charge in [0.25, 0.3) is 5.91 Å². The van der Waals surface area contributed by atoms with Crippen LogP contribution in [0.1, 0.15) is 6.92 Å². The lowest BCUT2D eigenvalue weighted by atomic mass is 10.1. The number of hydrogen-bond donors (Lipinski definition) is 1. The number of rotatable bonds is 2. The van der Waals surface area contributed by atoms with Gasteiger partial charge in [-0.05, 0) is 19.1 Å². The van der Waals surface area contributed by atoms with Crippen LogP contribution in [-0.2, 0) is 4.79 Å². The number of fused-ring (bicyclic) bond motifs is 1. The van der Waals surface area contributed by atoms with Crippen LogP contribution in [0.3, 0.4) is 0 Å². The van der Waals surface area contributed by atoms with E-state index in [4.69, 9.17) is 9.47 Å². The Hall–Kier alpha value is -2.15. The van der Waals surface area contributed by atoms with Crippen LogP contribution in [-0.4, -0.2) is 28.3 Å². The highest BCUT2D eigenvalue weighted by atomic mass is 32.1. The van der Waals surface area contributed by atoms with Crippen molar-refractivity contribution in [2.24, 2.45) is 0 Å². The number of nitrogens with zero attached hydrogens (tertiary/aromatic N) is 2. The second-order valence-corrected chi connectivity index (χ2v) is 4.87. The van der Waals surface area contributed by atoms with Gasteiger partial charge < -0.3 is 9.47 Å². The first-order valence-corrected chi connectivity index (χ1v) is 6.61. The minimum absolute atomic E-state index is 0.293. The van der Waals surface area contributed by atoms with Crippen LogP contribution in [0.15, 0.2) is 29.8 Å². The van der Waals surface area contributed by atoms with Gasteiger partial charge >= 0.3 is 0 Å². The van der Waals surface area contributed by atoms with Gasteiger partial charge in [-0.15, -0.1) is 10.2 Å². The molecule has 0 fully saturated rings. The van der Waals surface area contributed by atoms with E-state index in [0.29, 0.717) is 16.6 Å². The van der Waals surface area contributed by atoms with E-state index in [1.54, 1.807) is 18.5 Å². The van der Waals surface area contributed by atoms with Crippen LogP contribution in [0, 0.1) is 0 Å². The summed E-state index contributed by atoms with van der Waals surface area (Å²) in [6, 6.07) is 7.27. The predicted molar refractivity (Wildman–Crippen MR) is 69.5 cm³/mol. The van der Waals surface area contributed by atoms with E-state index in [9.17, 15) is 4.79 Å². The molecular weight excluding hydrogens is 266 g/mol. The average Bonchev–Trinajstić information content (AvgIpc) is 2.90. The molecule has 0 radical (unpaired) electrons. The molecule has 0 saturated carbocycles. The maximum absolute atomic E-state index is 12.1. The van der Waals surface area contributed by atoms with Crippen LogP contribution in [0.25, 0.3) is 0 Å². The molecule has 6 nitrogen and oxygen atoms in total. The van der Waals surface area contributed by atoms with Gasteiger partial charge in [0.15, 0.2) is 11.5 Å². The van der Waals surface area contributed by atoms with Crippen molar-refractivity contribution in [3.63, 3.8) is 0 Å². The Labute approximate surface area is 113 Å². The average molecular weight is 277 g/mol. The number of benzene rings is 1. The van der Waals surface area contributed by atoms with E-state index in [1.165, 1.54) is 11.3 Å². The van der Waals surface area contributed by atoms with Gasteiger partial charge in [-0.1, -0.05) is 23.5 Å². The Kier molecular flexibility index (Phi) is 3.04. The van der Waals surface area contributed by atoms with E-state index in [-0.39, 0.29) is 12.0 Å². The van der Waals surface area contributed by atoms with Gasteiger partial charge in [0.1, 0.15) is 11.6 Å². The maximum atomic E-state index is 12.1. The van der Waals surface area contributed by atoms with Crippen LogP contribution in [0.4, 0.5) is 5.13 Å². The fraction of sp³-hybridized carbons (Fsp3) is 0.250. The number of carbonyl (C=O) groups is 1. The number of carbonyl (C=O) groups excluding carboxylic acids is 1. The van der Waals surface area contributed by atoms with E-state index >= 15 is 0 Å². The molecule has 1 aliphatic rings. The monoisotopic (exact) mass is 277 g/mol. The van der Waals surface area contributed by atoms with Gasteiger partial charge in [0.05, 0.1) is 0 Å². The van der Waals surface area contributed by atoms with E-state index in [2.05, 4.69) is 15.5 Å². The fourth-order valence-electron chi connectivity index (χ4n) is 1.81. The molecule has 7 heteroatoms. The third-order valence-electron chi connectivity index (χ3n) is 2.69. The maximum Gasteiger partial charge on any atom is 0.271 e. The molecule has 0 saturated heterocycles. The first-order chi connectivity index (χ1) is 9.24. The topological polar surface area (TPSA) is 73.3 Å². The lowest BCUT2D eigenvalue weighted by Crippen LogP contribution is -2.46. The van der Waals surface area contributed by atoms with Crippen molar-refractivity contribution in [3.8, 4) is 11.5 Å². The number of nitrogens with one attached hydrogen (secondary N) is 1. The van der Waals surface area contributed by atoms with E-state index < -0.39 is 6.10 Å². The summed E-state index contributed by atoms with van der Waals surface area (Å²) in [6.07, 6.45) is -1.08. The third kappa shape index (κ3) is 2.37. The molecule has 2 heterocycles. The van der Waals surface area contributed by atoms with Crippen LogP contribution < -0.4 is 14.8 Å². The Bertz CT molecular complexity index is 588. The number of aromatic nitrogens is 2. The molecule has 0 aliphatic carbocycles. The minimum Gasteiger partial charge on any atom is -0.482 e. The summed E-state index contributed by atoms with van der Waals surface area (Å²) in [6.45, 7) is 1.79. The Balaban J connectivity index is 1.77. The van der Waals surface area contributed by atoms with Gasteiger partial charge in [-0.3, -0.25) is 10.1 Å². The molecule has 1 aromatic carbocycles. The summed E-state index contributed by atoms with van der Waals surface area (Å²) in [7, 11) is 0. The number of anilines is 1. The molecule has 1 aromatic heterocycles. The van der Waals surface area contributed by atoms with Crippen molar-refractivity contribution >= 4 is 22.4 Å². The molecule has 19 heavy (non-hydrogen) atoms. The highest BCUT2D eigenvalue weighted by molar-refractivity contribution is 7.13. The molecule has 2 aromatic rings. The standard InChI is InChI=1S/C12H11N3O3S/c1-7-10(11(16)14-12-15-13-6-19-12)18-9-5-3-2-4-8(9)17-7/h2-7,10H,1H3,(H,14,15,16)/t7-,10-/m1/s1. The zero-order chi connectivity index (χ0) is 13.2. The summed E-state index contributed by atoms with van der Waals surface area (Å²) in [4.78, 5) is 12.1. The zero-order valence-electron chi connectivity index (χ0n) is 10.1. The predicted octanol–water partition coefficient (Wildman–Crippen LogP) is 1.71. The fourth-order valence-corrected chi connectivity index (χ4v) is 2.26. The summed E-state index contributed by atoms with van der Waals surface area (Å²) in [5.74, 6) is 0.923. The number of ether oxygens (including phenoxy) is 2. The SMILES string of the molecule is C[C@H]1Oc2ccccc2O[C@H]1C(=O)Nc1nncs1. The molecule has 98 valence electrons. The van der Waals surface area contributed by atoms with Crippen LogP contribution >= 0.6 is 11.3 Å². The van der Waals surface area contributed by atoms with Crippen molar-refractivity contribution in [1.82, 2.24) is 10.2 Å². The first kappa shape index (κ1) is 11.9. The first-order valence-electron chi connectivity index (χ1n) is 5.73.